The highest BCUT2D eigenvalue weighted by Crippen LogP contribution is 2.43. The fourth-order valence-corrected chi connectivity index (χ4v) is 4.27. The molecule has 3 heterocycles. The van der Waals surface area contributed by atoms with Crippen LogP contribution in [0.15, 0.2) is 6.33 Å². The second-order valence-corrected chi connectivity index (χ2v) is 9.23. The third kappa shape index (κ3) is 5.25. The van der Waals surface area contributed by atoms with Crippen LogP contribution in [0.3, 0.4) is 0 Å². The molecule has 13 nitrogen and oxygen atoms in total. The van der Waals surface area contributed by atoms with Crippen molar-refractivity contribution in [1.82, 2.24) is 24.6 Å². The fourth-order valence-electron chi connectivity index (χ4n) is 3.40. The molecule has 3 rings (SSSR count). The summed E-state index contributed by atoms with van der Waals surface area (Å²) >= 11 is 0. The molecule has 0 aliphatic carbocycles. The summed E-state index contributed by atoms with van der Waals surface area (Å²) in [6, 6.07) is -0.878. The number of carbonyl (C=O) groups excluding carboxylic acids is 1. The third-order valence-corrected chi connectivity index (χ3v) is 6.16. The smallest absolute Gasteiger partial charge is 0.323 e. The molecule has 1 aliphatic heterocycles. The number of nitrogens with zero attached hydrogens (tertiary/aromatic N) is 4. The van der Waals surface area contributed by atoms with Crippen LogP contribution in [0.25, 0.3) is 11.2 Å². The molecule has 184 valence electrons. The SMILES string of the molecule is CNc1nc(N)nc2c1ncn2[C@@H]1O[C@H](CO[PH](=O)N[C@@H](C)C(=O)OC(C)C)[C@@H](O)[C@@]1(C)F. The number of aliphatic hydroxyl groups is 1. The first-order chi connectivity index (χ1) is 15.4. The fraction of sp³-hybridized carbons (Fsp3) is 0.667. The molecule has 0 spiro atoms. The quantitative estimate of drug-likeness (QED) is 0.288. The average molecular weight is 489 g/mol. The van der Waals surface area contributed by atoms with E-state index in [9.17, 15) is 14.5 Å². The van der Waals surface area contributed by atoms with Gasteiger partial charge < -0.3 is 30.2 Å². The number of rotatable bonds is 9. The molecule has 6 atom stereocenters. The number of aliphatic hydroxyl groups excluding tert-OH is 1. The maximum Gasteiger partial charge on any atom is 0.323 e. The number of nitrogens with one attached hydrogen (secondary N) is 2. The summed E-state index contributed by atoms with van der Waals surface area (Å²) in [6.45, 7) is 5.64. The van der Waals surface area contributed by atoms with Gasteiger partial charge in [0.15, 0.2) is 28.9 Å². The van der Waals surface area contributed by atoms with Crippen molar-refractivity contribution in [3.63, 3.8) is 0 Å². The number of nitrogen functional groups attached to an aromatic ring is 1. The Morgan fingerprint density at radius 3 is 2.79 bits per heavy atom. The normalized spacial score (nSPS) is 27.1. The van der Waals surface area contributed by atoms with Crippen LogP contribution in [0, 0.1) is 0 Å². The number of anilines is 2. The summed E-state index contributed by atoms with van der Waals surface area (Å²) in [6.07, 6.45) is -3.10. The second-order valence-electron chi connectivity index (χ2n) is 8.08. The number of aromatic nitrogens is 4. The monoisotopic (exact) mass is 489 g/mol. The van der Waals surface area contributed by atoms with Crippen molar-refractivity contribution in [3.8, 4) is 0 Å². The van der Waals surface area contributed by atoms with Crippen molar-refractivity contribution in [3.05, 3.63) is 6.33 Å². The minimum absolute atomic E-state index is 0.0534. The zero-order valence-corrected chi connectivity index (χ0v) is 19.9. The molecule has 2 aromatic heterocycles. The number of hydrogen-bond acceptors (Lipinski definition) is 11. The number of alkyl halides is 1. The Kier molecular flexibility index (Phi) is 7.54. The molecular formula is C18H29FN7O6P. The lowest BCUT2D eigenvalue weighted by molar-refractivity contribution is -0.149. The Morgan fingerprint density at radius 1 is 1.45 bits per heavy atom. The Hall–Kier alpha value is -2.38. The first-order valence-electron chi connectivity index (χ1n) is 10.3. The van der Waals surface area contributed by atoms with Gasteiger partial charge in [0.25, 0.3) is 8.18 Å². The molecule has 1 unspecified atom stereocenters. The van der Waals surface area contributed by atoms with Gasteiger partial charge in [-0.1, -0.05) is 0 Å². The zero-order valence-electron chi connectivity index (χ0n) is 18.9. The zero-order chi connectivity index (χ0) is 24.5. The molecule has 0 aromatic carbocycles. The number of esters is 1. The summed E-state index contributed by atoms with van der Waals surface area (Å²) in [4.78, 5) is 24.2. The maximum atomic E-state index is 15.5. The summed E-state index contributed by atoms with van der Waals surface area (Å²) in [5.74, 6) is -0.290. The minimum atomic E-state index is -2.91. The van der Waals surface area contributed by atoms with Gasteiger partial charge in [-0.2, -0.15) is 9.97 Å². The standard InChI is InChI=1S/C18H29FN7O6P/c1-8(2)31-15(28)9(3)25-33(29)30-6-10-12(27)18(4,19)16(32-10)26-7-22-11-13(21-5)23-17(20)24-14(11)26/h7-10,12,16,27,33H,6H2,1-5H3,(H,25,29)(H3,20,21,23,24)/t9-,10+,12+,16+,18+/m0/s1. The highest BCUT2D eigenvalue weighted by atomic mass is 31.1. The molecule has 0 radical (unpaired) electrons. The van der Waals surface area contributed by atoms with Crippen LogP contribution in [0.1, 0.15) is 33.9 Å². The third-order valence-electron chi connectivity index (χ3n) is 5.06. The van der Waals surface area contributed by atoms with Crippen LogP contribution in [0.5, 0.6) is 0 Å². The molecule has 1 aliphatic rings. The molecule has 0 saturated carbocycles. The molecule has 5 N–H and O–H groups in total. The van der Waals surface area contributed by atoms with Gasteiger partial charge in [0, 0.05) is 7.05 Å². The molecule has 0 amide bonds. The van der Waals surface area contributed by atoms with Gasteiger partial charge in [0.1, 0.15) is 18.2 Å². The number of imidazole rings is 1. The van der Waals surface area contributed by atoms with Gasteiger partial charge in [0.2, 0.25) is 5.95 Å². The molecular weight excluding hydrogens is 460 g/mol. The van der Waals surface area contributed by atoms with E-state index in [1.807, 2.05) is 0 Å². The van der Waals surface area contributed by atoms with Crippen molar-refractivity contribution in [1.29, 1.82) is 0 Å². The van der Waals surface area contributed by atoms with E-state index in [1.54, 1.807) is 20.9 Å². The van der Waals surface area contributed by atoms with Crippen molar-refractivity contribution >= 4 is 37.1 Å². The maximum absolute atomic E-state index is 15.5. The Balaban J connectivity index is 1.70. The number of ether oxygens (including phenoxy) is 2. The van der Waals surface area contributed by atoms with Crippen LogP contribution < -0.4 is 16.1 Å². The van der Waals surface area contributed by atoms with Crippen LogP contribution in [-0.2, 0) is 23.4 Å². The van der Waals surface area contributed by atoms with Crippen molar-refractivity contribution < 1.29 is 32.9 Å². The van der Waals surface area contributed by atoms with Gasteiger partial charge in [-0.15, -0.1) is 0 Å². The molecule has 33 heavy (non-hydrogen) atoms. The first-order valence-corrected chi connectivity index (χ1v) is 11.6. The highest BCUT2D eigenvalue weighted by molar-refractivity contribution is 7.36. The van der Waals surface area contributed by atoms with Crippen LogP contribution in [0.4, 0.5) is 16.2 Å². The van der Waals surface area contributed by atoms with Gasteiger partial charge in [-0.3, -0.25) is 13.9 Å². The lowest BCUT2D eigenvalue weighted by Crippen LogP contribution is -2.40. The lowest BCUT2D eigenvalue weighted by atomic mass is 9.98. The van der Waals surface area contributed by atoms with Gasteiger partial charge in [-0.05, 0) is 27.7 Å². The van der Waals surface area contributed by atoms with Crippen molar-refractivity contribution in [2.45, 2.75) is 63.9 Å². The molecule has 2 aromatic rings. The number of halogens is 1. The van der Waals surface area contributed by atoms with Crippen molar-refractivity contribution in [2.24, 2.45) is 0 Å². The predicted octanol–water partition coefficient (Wildman–Crippen LogP) is 0.773. The van der Waals surface area contributed by atoms with Crippen LogP contribution in [-0.4, -0.2) is 74.3 Å². The van der Waals surface area contributed by atoms with E-state index >= 15 is 4.39 Å². The Labute approximate surface area is 190 Å². The van der Waals surface area contributed by atoms with E-state index in [4.69, 9.17) is 19.7 Å². The van der Waals surface area contributed by atoms with Crippen molar-refractivity contribution in [2.75, 3.05) is 24.7 Å². The second kappa shape index (κ2) is 9.85. The topological polar surface area (TPSA) is 176 Å². The summed E-state index contributed by atoms with van der Waals surface area (Å²) in [5, 5.41) is 15.9. The Bertz CT molecular complexity index is 1040. The molecule has 1 fully saturated rings. The largest absolute Gasteiger partial charge is 0.462 e. The van der Waals surface area contributed by atoms with Crippen LogP contribution in [0.2, 0.25) is 0 Å². The number of nitrogens with two attached hydrogens (primary N) is 1. The van der Waals surface area contributed by atoms with Crippen LogP contribution >= 0.6 is 8.18 Å². The summed E-state index contributed by atoms with van der Waals surface area (Å²) < 4.78 is 45.0. The van der Waals surface area contributed by atoms with E-state index in [0.29, 0.717) is 11.3 Å². The average Bonchev–Trinajstić information content (AvgIpc) is 3.24. The number of hydrogen-bond donors (Lipinski definition) is 4. The van der Waals surface area contributed by atoms with E-state index < -0.39 is 44.3 Å². The number of fused-ring (bicyclic) bond motifs is 1. The lowest BCUT2D eigenvalue weighted by Gasteiger charge is -2.24. The van der Waals surface area contributed by atoms with E-state index in [0.717, 1.165) is 0 Å². The van der Waals surface area contributed by atoms with Gasteiger partial charge in [0.05, 0.1) is 19.0 Å². The highest BCUT2D eigenvalue weighted by Gasteiger charge is 2.55. The van der Waals surface area contributed by atoms with E-state index in [2.05, 4.69) is 25.4 Å². The summed E-state index contributed by atoms with van der Waals surface area (Å²) in [7, 11) is -1.29. The van der Waals surface area contributed by atoms with E-state index in [1.165, 1.54) is 24.7 Å². The molecule has 15 heteroatoms. The first kappa shape index (κ1) is 25.2. The molecule has 0 bridgehead atoms. The van der Waals surface area contributed by atoms with E-state index in [-0.39, 0.29) is 24.3 Å². The molecule has 1 saturated heterocycles. The predicted molar refractivity (Wildman–Crippen MR) is 117 cm³/mol. The van der Waals surface area contributed by atoms with Gasteiger partial charge in [-0.25, -0.2) is 14.5 Å². The number of carbonyl (C=O) groups is 1. The Morgan fingerprint density at radius 2 is 2.15 bits per heavy atom. The van der Waals surface area contributed by atoms with Gasteiger partial charge >= 0.3 is 5.97 Å². The summed E-state index contributed by atoms with van der Waals surface area (Å²) in [5.41, 5.74) is 4.03. The minimum Gasteiger partial charge on any atom is -0.462 e.